The van der Waals surface area contributed by atoms with Crippen LogP contribution in [0.4, 0.5) is 4.39 Å². The molecule has 0 bridgehead atoms. The summed E-state index contributed by atoms with van der Waals surface area (Å²) in [7, 11) is 0. The Morgan fingerprint density at radius 1 is 0.947 bits per heavy atom. The van der Waals surface area contributed by atoms with E-state index in [0.29, 0.717) is 0 Å². The van der Waals surface area contributed by atoms with Crippen molar-refractivity contribution in [2.24, 2.45) is 0 Å². The fourth-order valence-electron chi connectivity index (χ4n) is 1.84. The maximum absolute atomic E-state index is 15.1. The van der Waals surface area contributed by atoms with Gasteiger partial charge in [0.25, 0.3) is 5.91 Å². The molecular formula is C14H13BrFNO2. The number of hydroxylamine groups is 1. The Balaban J connectivity index is 0.00000180. The summed E-state index contributed by atoms with van der Waals surface area (Å²) in [4.78, 5) is 11.7. The molecule has 0 aliphatic carbocycles. The van der Waals surface area contributed by atoms with E-state index in [4.69, 9.17) is 5.21 Å². The molecule has 0 unspecified atom stereocenters. The van der Waals surface area contributed by atoms with Crippen molar-refractivity contribution in [2.75, 3.05) is 0 Å². The van der Waals surface area contributed by atoms with Crippen LogP contribution in [-0.2, 0) is 10.5 Å². The van der Waals surface area contributed by atoms with E-state index in [1.807, 2.05) is 0 Å². The van der Waals surface area contributed by atoms with E-state index in [-0.39, 0.29) is 28.1 Å². The molecule has 19 heavy (non-hydrogen) atoms. The number of carbonyl (C=O) groups is 1. The average Bonchev–Trinajstić information content (AvgIpc) is 2.47. The monoisotopic (exact) mass is 325 g/mol. The molecule has 3 nitrogen and oxygen atoms in total. The van der Waals surface area contributed by atoms with Gasteiger partial charge < -0.3 is 0 Å². The SMILES string of the molecule is Br.O=C(NO)C(F)(c1ccccc1)c1ccccc1. The summed E-state index contributed by atoms with van der Waals surface area (Å²) < 4.78 is 15.1. The first kappa shape index (κ1) is 15.3. The fourth-order valence-corrected chi connectivity index (χ4v) is 1.84. The molecule has 0 aliphatic heterocycles. The number of halogens is 2. The highest BCUT2D eigenvalue weighted by Gasteiger charge is 2.42. The average molecular weight is 326 g/mol. The lowest BCUT2D eigenvalue weighted by atomic mass is 9.87. The van der Waals surface area contributed by atoms with E-state index in [9.17, 15) is 4.79 Å². The molecule has 0 radical (unpaired) electrons. The minimum Gasteiger partial charge on any atom is -0.289 e. The van der Waals surface area contributed by atoms with E-state index in [0.717, 1.165) is 0 Å². The van der Waals surface area contributed by atoms with Gasteiger partial charge in [-0.3, -0.25) is 10.0 Å². The van der Waals surface area contributed by atoms with Gasteiger partial charge >= 0.3 is 0 Å². The second-order valence-corrected chi connectivity index (χ2v) is 3.83. The molecule has 0 spiro atoms. The topological polar surface area (TPSA) is 49.3 Å². The van der Waals surface area contributed by atoms with Crippen molar-refractivity contribution in [1.82, 2.24) is 5.48 Å². The Morgan fingerprint density at radius 2 is 1.32 bits per heavy atom. The van der Waals surface area contributed by atoms with Gasteiger partial charge in [-0.15, -0.1) is 17.0 Å². The molecule has 2 aromatic rings. The van der Waals surface area contributed by atoms with Crippen LogP contribution >= 0.6 is 17.0 Å². The summed E-state index contributed by atoms with van der Waals surface area (Å²) in [5.41, 5.74) is -0.678. The third kappa shape index (κ3) is 2.83. The van der Waals surface area contributed by atoms with E-state index in [1.165, 1.54) is 29.7 Å². The van der Waals surface area contributed by atoms with E-state index >= 15 is 4.39 Å². The summed E-state index contributed by atoms with van der Waals surface area (Å²) in [6.07, 6.45) is 0. The van der Waals surface area contributed by atoms with Crippen LogP contribution in [-0.4, -0.2) is 11.1 Å². The maximum Gasteiger partial charge on any atom is 0.290 e. The smallest absolute Gasteiger partial charge is 0.289 e. The zero-order chi connectivity index (χ0) is 13.0. The second-order valence-electron chi connectivity index (χ2n) is 3.83. The minimum absolute atomic E-state index is 0. The third-order valence-corrected chi connectivity index (χ3v) is 2.76. The van der Waals surface area contributed by atoms with Gasteiger partial charge in [-0.1, -0.05) is 60.7 Å². The summed E-state index contributed by atoms with van der Waals surface area (Å²) in [5.74, 6) is -1.11. The molecule has 0 aromatic heterocycles. The Morgan fingerprint density at radius 3 is 1.63 bits per heavy atom. The number of alkyl halides is 1. The van der Waals surface area contributed by atoms with E-state index < -0.39 is 11.6 Å². The van der Waals surface area contributed by atoms with Gasteiger partial charge in [0.1, 0.15) is 0 Å². The molecule has 0 atom stereocenters. The molecule has 100 valence electrons. The minimum atomic E-state index is -2.41. The first-order valence-corrected chi connectivity index (χ1v) is 5.44. The highest BCUT2D eigenvalue weighted by Crippen LogP contribution is 2.33. The van der Waals surface area contributed by atoms with Gasteiger partial charge in [0.2, 0.25) is 5.67 Å². The standard InChI is InChI=1S/C14H12FNO2.BrH/c15-14(13(17)16-18,11-7-3-1-4-8-11)12-9-5-2-6-10-12;/h1-10,18H,(H,16,17);1H. The number of nitrogens with one attached hydrogen (secondary N) is 1. The molecule has 0 saturated heterocycles. The second kappa shape index (κ2) is 6.45. The molecule has 0 heterocycles. The van der Waals surface area contributed by atoms with Crippen LogP contribution in [0.2, 0.25) is 0 Å². The van der Waals surface area contributed by atoms with Crippen molar-refractivity contribution in [3.05, 3.63) is 71.8 Å². The Labute approximate surface area is 120 Å². The summed E-state index contributed by atoms with van der Waals surface area (Å²) in [6, 6.07) is 16.0. The number of hydrogen-bond donors (Lipinski definition) is 2. The largest absolute Gasteiger partial charge is 0.290 e. The molecule has 2 aromatic carbocycles. The Bertz CT molecular complexity index is 494. The third-order valence-electron chi connectivity index (χ3n) is 2.76. The molecule has 0 fully saturated rings. The number of rotatable bonds is 3. The molecule has 0 saturated carbocycles. The van der Waals surface area contributed by atoms with Gasteiger partial charge in [0.05, 0.1) is 0 Å². The highest BCUT2D eigenvalue weighted by molar-refractivity contribution is 8.93. The van der Waals surface area contributed by atoms with Crippen LogP contribution in [0.3, 0.4) is 0 Å². The van der Waals surface area contributed by atoms with Crippen LogP contribution < -0.4 is 5.48 Å². The van der Waals surface area contributed by atoms with Gasteiger partial charge in [0, 0.05) is 11.1 Å². The van der Waals surface area contributed by atoms with Crippen LogP contribution in [0.15, 0.2) is 60.7 Å². The van der Waals surface area contributed by atoms with Gasteiger partial charge in [-0.05, 0) is 0 Å². The number of benzene rings is 2. The highest BCUT2D eigenvalue weighted by atomic mass is 79.9. The number of carbonyl (C=O) groups excluding carboxylic acids is 1. The zero-order valence-corrected chi connectivity index (χ0v) is 11.6. The predicted octanol–water partition coefficient (Wildman–Crippen LogP) is 2.98. The van der Waals surface area contributed by atoms with Crippen molar-refractivity contribution in [3.8, 4) is 0 Å². The van der Waals surface area contributed by atoms with Crippen molar-refractivity contribution in [3.63, 3.8) is 0 Å². The number of hydrogen-bond acceptors (Lipinski definition) is 2. The molecule has 0 aliphatic rings. The van der Waals surface area contributed by atoms with Gasteiger partial charge in [-0.25, -0.2) is 9.87 Å². The molecule has 5 heteroatoms. The molecule has 1 amide bonds. The van der Waals surface area contributed by atoms with Crippen LogP contribution in [0.1, 0.15) is 11.1 Å². The molecule has 2 N–H and O–H groups in total. The molecule has 2 rings (SSSR count). The fraction of sp³-hybridized carbons (Fsp3) is 0.0714. The van der Waals surface area contributed by atoms with Gasteiger partial charge in [-0.2, -0.15) is 0 Å². The zero-order valence-electron chi connectivity index (χ0n) is 9.92. The van der Waals surface area contributed by atoms with Crippen LogP contribution in [0.25, 0.3) is 0 Å². The van der Waals surface area contributed by atoms with Crippen LogP contribution in [0.5, 0.6) is 0 Å². The first-order valence-electron chi connectivity index (χ1n) is 5.44. The summed E-state index contributed by atoms with van der Waals surface area (Å²) >= 11 is 0. The Kier molecular flexibility index (Phi) is 5.20. The maximum atomic E-state index is 15.1. The molecular weight excluding hydrogens is 313 g/mol. The number of amides is 1. The van der Waals surface area contributed by atoms with Crippen molar-refractivity contribution in [2.45, 2.75) is 5.67 Å². The Hall–Kier alpha value is -1.72. The van der Waals surface area contributed by atoms with E-state index in [2.05, 4.69) is 0 Å². The lowest BCUT2D eigenvalue weighted by Crippen LogP contribution is -2.40. The lowest BCUT2D eigenvalue weighted by Gasteiger charge is -2.23. The van der Waals surface area contributed by atoms with Crippen molar-refractivity contribution >= 4 is 22.9 Å². The first-order chi connectivity index (χ1) is 8.69. The van der Waals surface area contributed by atoms with Crippen molar-refractivity contribution < 1.29 is 14.4 Å². The van der Waals surface area contributed by atoms with Crippen LogP contribution in [0, 0.1) is 0 Å². The predicted molar refractivity (Wildman–Crippen MR) is 75.0 cm³/mol. The lowest BCUT2D eigenvalue weighted by molar-refractivity contribution is -0.139. The summed E-state index contributed by atoms with van der Waals surface area (Å²) in [5, 5.41) is 8.75. The quantitative estimate of drug-likeness (QED) is 0.673. The van der Waals surface area contributed by atoms with Gasteiger partial charge in [0.15, 0.2) is 0 Å². The van der Waals surface area contributed by atoms with Crippen molar-refractivity contribution in [1.29, 1.82) is 0 Å². The van der Waals surface area contributed by atoms with E-state index in [1.54, 1.807) is 36.4 Å². The normalized spacial score (nSPS) is 10.4. The summed E-state index contributed by atoms with van der Waals surface area (Å²) in [6.45, 7) is 0.